The van der Waals surface area contributed by atoms with Crippen molar-refractivity contribution in [2.45, 2.75) is 62.3 Å². The number of hydrogen-bond donors (Lipinski definition) is 7. The second-order valence-electron chi connectivity index (χ2n) is 7.74. The molecule has 0 spiro atoms. The normalized spacial score (nSPS) is 23.3. The standard InChI is InChI=1S/C19H27N5O11/c20-8(1-3-12(25)26)16(30)22-11-5-6-24(19(33)23-11)17-15(29)14(28)10(35-17)7-34-13(27)4-2-9(21)18(31)32/h5-6,8-10,14-15,17,28-29H,1-4,7,20-21H2,(H,25,26)(H,31,32)(H,22,23,30,33)/t8-,9-,10+,14?,15?,17+/m0/s1. The van der Waals surface area contributed by atoms with Crippen LogP contribution in [0.1, 0.15) is 31.9 Å². The number of aliphatic carboxylic acids is 2. The van der Waals surface area contributed by atoms with E-state index < -0.39 is 72.7 Å². The SMILES string of the molecule is N[C@@H](CCC(=O)OC[C@H]1O[C@@H](n2ccc(NC(=O)[C@@H](N)CCC(=O)O)nc2=O)C(O)C1O)C(=O)O. The highest BCUT2D eigenvalue weighted by Gasteiger charge is 2.44. The Kier molecular flexibility index (Phi) is 9.78. The number of amides is 1. The molecule has 0 aromatic carbocycles. The molecule has 16 nitrogen and oxygen atoms in total. The van der Waals surface area contributed by atoms with E-state index in [4.69, 9.17) is 31.2 Å². The third kappa shape index (κ3) is 7.79. The van der Waals surface area contributed by atoms with Crippen LogP contribution >= 0.6 is 0 Å². The minimum absolute atomic E-state index is 0.128. The largest absolute Gasteiger partial charge is 0.481 e. The van der Waals surface area contributed by atoms with E-state index in [1.54, 1.807) is 0 Å². The maximum atomic E-state index is 12.4. The molecular weight excluding hydrogens is 474 g/mol. The number of ether oxygens (including phenoxy) is 2. The summed E-state index contributed by atoms with van der Waals surface area (Å²) < 4.78 is 11.2. The van der Waals surface area contributed by atoms with Crippen LogP contribution in [-0.2, 0) is 28.7 Å². The Labute approximate surface area is 197 Å². The first-order valence-corrected chi connectivity index (χ1v) is 10.4. The molecule has 1 aromatic rings. The molecule has 35 heavy (non-hydrogen) atoms. The number of hydrogen-bond acceptors (Lipinski definition) is 12. The van der Waals surface area contributed by atoms with Gasteiger partial charge in [0.25, 0.3) is 0 Å². The first-order chi connectivity index (χ1) is 16.4. The fourth-order valence-electron chi connectivity index (χ4n) is 3.05. The van der Waals surface area contributed by atoms with Gasteiger partial charge in [0.1, 0.15) is 36.8 Å². The van der Waals surface area contributed by atoms with Crippen LogP contribution in [0, 0.1) is 0 Å². The van der Waals surface area contributed by atoms with Crippen molar-refractivity contribution < 1.29 is 49.1 Å². The van der Waals surface area contributed by atoms with Crippen molar-refractivity contribution in [3.05, 3.63) is 22.7 Å². The van der Waals surface area contributed by atoms with Gasteiger partial charge in [-0.2, -0.15) is 4.98 Å². The Morgan fingerprint density at radius 1 is 1.11 bits per heavy atom. The lowest BCUT2D eigenvalue weighted by Gasteiger charge is -2.17. The number of nitrogens with zero attached hydrogens (tertiary/aromatic N) is 2. The van der Waals surface area contributed by atoms with Crippen LogP contribution in [0.3, 0.4) is 0 Å². The molecule has 1 saturated heterocycles. The number of carbonyl (C=O) groups is 4. The van der Waals surface area contributed by atoms with Crippen molar-refractivity contribution >= 4 is 29.6 Å². The highest BCUT2D eigenvalue weighted by atomic mass is 16.6. The molecule has 0 saturated carbocycles. The summed E-state index contributed by atoms with van der Waals surface area (Å²) in [6.07, 6.45) is -5.50. The molecule has 1 fully saturated rings. The van der Waals surface area contributed by atoms with Gasteiger partial charge in [-0.05, 0) is 18.9 Å². The van der Waals surface area contributed by atoms with Crippen molar-refractivity contribution in [3.63, 3.8) is 0 Å². The van der Waals surface area contributed by atoms with E-state index in [-0.39, 0.29) is 31.5 Å². The summed E-state index contributed by atoms with van der Waals surface area (Å²) in [6.45, 7) is -0.486. The zero-order chi connectivity index (χ0) is 26.3. The third-order valence-electron chi connectivity index (χ3n) is 5.08. The summed E-state index contributed by atoms with van der Waals surface area (Å²) in [7, 11) is 0. The van der Waals surface area contributed by atoms with Gasteiger partial charge in [0.05, 0.1) is 6.04 Å². The fraction of sp³-hybridized carbons (Fsp3) is 0.579. The van der Waals surface area contributed by atoms with Crippen LogP contribution in [0.25, 0.3) is 0 Å². The zero-order valence-electron chi connectivity index (χ0n) is 18.4. The van der Waals surface area contributed by atoms with Gasteiger partial charge in [-0.1, -0.05) is 0 Å². The third-order valence-corrected chi connectivity index (χ3v) is 5.08. The van der Waals surface area contributed by atoms with Crippen LogP contribution in [0.2, 0.25) is 0 Å². The van der Waals surface area contributed by atoms with Gasteiger partial charge in [0, 0.05) is 19.0 Å². The second-order valence-corrected chi connectivity index (χ2v) is 7.74. The van der Waals surface area contributed by atoms with E-state index in [2.05, 4.69) is 10.3 Å². The average Bonchev–Trinajstić information content (AvgIpc) is 3.07. The van der Waals surface area contributed by atoms with Gasteiger partial charge in [0.2, 0.25) is 5.91 Å². The van der Waals surface area contributed by atoms with Gasteiger partial charge >= 0.3 is 23.6 Å². The van der Waals surface area contributed by atoms with Gasteiger partial charge in [-0.15, -0.1) is 0 Å². The van der Waals surface area contributed by atoms with E-state index >= 15 is 0 Å². The number of carboxylic acids is 2. The van der Waals surface area contributed by atoms with Crippen molar-refractivity contribution in [3.8, 4) is 0 Å². The highest BCUT2D eigenvalue weighted by molar-refractivity contribution is 5.94. The molecule has 6 atom stereocenters. The lowest BCUT2D eigenvalue weighted by Crippen LogP contribution is -2.38. The topological polar surface area (TPSA) is 267 Å². The van der Waals surface area contributed by atoms with Crippen molar-refractivity contribution in [2.75, 3.05) is 11.9 Å². The zero-order valence-corrected chi connectivity index (χ0v) is 18.4. The van der Waals surface area contributed by atoms with Gasteiger partial charge < -0.3 is 46.7 Å². The smallest absolute Gasteiger partial charge is 0.351 e. The predicted octanol–water partition coefficient (Wildman–Crippen LogP) is -3.27. The Morgan fingerprint density at radius 3 is 2.37 bits per heavy atom. The van der Waals surface area contributed by atoms with Crippen molar-refractivity contribution in [2.24, 2.45) is 11.5 Å². The number of anilines is 1. The Balaban J connectivity index is 1.96. The maximum absolute atomic E-state index is 12.4. The van der Waals surface area contributed by atoms with Crippen LogP contribution in [0.15, 0.2) is 17.1 Å². The molecule has 2 rings (SSSR count). The summed E-state index contributed by atoms with van der Waals surface area (Å²) in [4.78, 5) is 61.0. The lowest BCUT2D eigenvalue weighted by molar-refractivity contribution is -0.150. The number of carboxylic acid groups (broad SMARTS) is 2. The minimum Gasteiger partial charge on any atom is -0.481 e. The quantitative estimate of drug-likeness (QED) is 0.138. The summed E-state index contributed by atoms with van der Waals surface area (Å²) in [5, 5.41) is 40.1. The molecule has 9 N–H and O–H groups in total. The molecule has 1 aliphatic rings. The Morgan fingerprint density at radius 2 is 1.77 bits per heavy atom. The van der Waals surface area contributed by atoms with Gasteiger partial charge in [-0.25, -0.2) is 4.79 Å². The number of carbonyl (C=O) groups excluding carboxylic acids is 2. The Bertz CT molecular complexity index is 1000. The Hall–Kier alpha value is -3.44. The number of aromatic nitrogens is 2. The van der Waals surface area contributed by atoms with Crippen LogP contribution in [-0.4, -0.2) is 90.8 Å². The van der Waals surface area contributed by atoms with E-state index in [9.17, 15) is 34.2 Å². The molecule has 0 bridgehead atoms. The number of nitrogens with one attached hydrogen (secondary N) is 1. The summed E-state index contributed by atoms with van der Waals surface area (Å²) in [5.74, 6) is -4.13. The molecule has 16 heteroatoms. The number of rotatable bonds is 12. The predicted molar refractivity (Wildman–Crippen MR) is 114 cm³/mol. The maximum Gasteiger partial charge on any atom is 0.351 e. The molecule has 0 aliphatic carbocycles. The molecule has 1 aromatic heterocycles. The first kappa shape index (κ1) is 27.8. The second kappa shape index (κ2) is 12.3. The molecular formula is C19H27N5O11. The van der Waals surface area contributed by atoms with Gasteiger partial charge in [0.15, 0.2) is 6.23 Å². The van der Waals surface area contributed by atoms with E-state index in [0.29, 0.717) is 0 Å². The van der Waals surface area contributed by atoms with Crippen molar-refractivity contribution in [1.29, 1.82) is 0 Å². The molecule has 1 aliphatic heterocycles. The number of nitrogens with two attached hydrogens (primary N) is 2. The van der Waals surface area contributed by atoms with E-state index in [1.807, 2.05) is 0 Å². The van der Waals surface area contributed by atoms with E-state index in [0.717, 1.165) is 10.8 Å². The monoisotopic (exact) mass is 501 g/mol. The van der Waals surface area contributed by atoms with Gasteiger partial charge in [-0.3, -0.25) is 23.7 Å². The number of aliphatic hydroxyl groups excluding tert-OH is 2. The lowest BCUT2D eigenvalue weighted by atomic mass is 10.1. The molecule has 2 unspecified atom stereocenters. The highest BCUT2D eigenvalue weighted by Crippen LogP contribution is 2.28. The summed E-state index contributed by atoms with van der Waals surface area (Å²) in [6, 6.07) is -1.19. The molecule has 194 valence electrons. The first-order valence-electron chi connectivity index (χ1n) is 10.4. The number of aliphatic hydroxyl groups is 2. The average molecular weight is 501 g/mol. The molecule has 2 heterocycles. The van der Waals surface area contributed by atoms with Crippen LogP contribution < -0.4 is 22.5 Å². The number of esters is 1. The summed E-state index contributed by atoms with van der Waals surface area (Å²) >= 11 is 0. The fourth-order valence-corrected chi connectivity index (χ4v) is 3.05. The molecule has 0 radical (unpaired) electrons. The van der Waals surface area contributed by atoms with Crippen LogP contribution in [0.4, 0.5) is 5.82 Å². The molecule has 1 amide bonds. The van der Waals surface area contributed by atoms with E-state index in [1.165, 1.54) is 6.07 Å². The van der Waals surface area contributed by atoms with Crippen molar-refractivity contribution in [1.82, 2.24) is 9.55 Å². The minimum atomic E-state index is -1.59. The summed E-state index contributed by atoms with van der Waals surface area (Å²) in [5.41, 5.74) is 9.93. The van der Waals surface area contributed by atoms with Crippen LogP contribution in [0.5, 0.6) is 0 Å².